The van der Waals surface area contributed by atoms with E-state index in [9.17, 15) is 13.6 Å². The maximum atomic E-state index is 12.6. The lowest BCUT2D eigenvalue weighted by Crippen LogP contribution is -2.43. The van der Waals surface area contributed by atoms with Crippen LogP contribution in [-0.2, 0) is 4.79 Å². The van der Waals surface area contributed by atoms with E-state index in [1.54, 1.807) is 13.8 Å². The molecule has 2 N–H and O–H groups in total. The lowest BCUT2D eigenvalue weighted by molar-refractivity contribution is -0.123. The van der Waals surface area contributed by atoms with E-state index in [-0.39, 0.29) is 11.9 Å². The first-order valence-electron chi connectivity index (χ1n) is 4.32. The molecule has 0 bridgehead atoms. The number of hydrogen-bond donors (Lipinski definition) is 2. The molecule has 1 atom stereocenters. The summed E-state index contributed by atoms with van der Waals surface area (Å²) in [6.07, 6.45) is -0.397. The summed E-state index contributed by atoms with van der Waals surface area (Å²) in [4.78, 5) is 11.2. The summed E-state index contributed by atoms with van der Waals surface area (Å²) in [7, 11) is 0. The predicted molar refractivity (Wildman–Crippen MR) is 44.6 cm³/mol. The Hall–Kier alpha value is -0.710. The number of halogens is 2. The first kappa shape index (κ1) is 10.4. The van der Waals surface area contributed by atoms with E-state index in [1.165, 1.54) is 0 Å². The monoisotopic (exact) mass is 192 g/mol. The van der Waals surface area contributed by atoms with Crippen molar-refractivity contribution in [2.45, 2.75) is 38.3 Å². The largest absolute Gasteiger partial charge is 0.353 e. The Bertz CT molecular complexity index is 206. The molecule has 0 aromatic heterocycles. The minimum absolute atomic E-state index is 0.0106. The third-order valence-electron chi connectivity index (χ3n) is 1.86. The van der Waals surface area contributed by atoms with Crippen LogP contribution in [0.1, 0.15) is 20.3 Å². The van der Waals surface area contributed by atoms with Crippen molar-refractivity contribution in [3.8, 4) is 0 Å². The third-order valence-corrected chi connectivity index (χ3v) is 1.86. The highest BCUT2D eigenvalue weighted by Crippen LogP contribution is 2.24. The Morgan fingerprint density at radius 3 is 2.62 bits per heavy atom. The molecule has 0 saturated carbocycles. The second-order valence-corrected chi connectivity index (χ2v) is 3.66. The molecule has 1 aliphatic heterocycles. The van der Waals surface area contributed by atoms with Crippen LogP contribution in [-0.4, -0.2) is 30.5 Å². The summed E-state index contributed by atoms with van der Waals surface area (Å²) >= 11 is 0. The summed E-state index contributed by atoms with van der Waals surface area (Å²) in [5, 5.41) is 5.08. The molecule has 3 nitrogen and oxygen atoms in total. The number of rotatable bonds is 2. The number of nitrogens with one attached hydrogen (secondary N) is 2. The number of carbonyl (C=O) groups is 1. The maximum Gasteiger partial charge on any atom is 0.262 e. The molecule has 1 saturated heterocycles. The van der Waals surface area contributed by atoms with Gasteiger partial charge in [-0.05, 0) is 13.8 Å². The third kappa shape index (κ3) is 2.91. The van der Waals surface area contributed by atoms with Gasteiger partial charge >= 0.3 is 0 Å². The van der Waals surface area contributed by atoms with E-state index in [4.69, 9.17) is 0 Å². The topological polar surface area (TPSA) is 41.1 Å². The highest BCUT2D eigenvalue weighted by Gasteiger charge is 2.42. The highest BCUT2D eigenvalue weighted by molar-refractivity contribution is 5.82. The van der Waals surface area contributed by atoms with Gasteiger partial charge in [0.05, 0.1) is 12.6 Å². The van der Waals surface area contributed by atoms with Crippen LogP contribution in [0.3, 0.4) is 0 Å². The van der Waals surface area contributed by atoms with Gasteiger partial charge in [-0.1, -0.05) is 0 Å². The molecule has 0 radical (unpaired) electrons. The van der Waals surface area contributed by atoms with Crippen molar-refractivity contribution in [2.24, 2.45) is 0 Å². The van der Waals surface area contributed by atoms with Crippen LogP contribution >= 0.6 is 0 Å². The standard InChI is InChI=1S/C8H14F2N2O/c1-5(2)12-7(13)6-3-8(9,10)4-11-6/h5-6,11H,3-4H2,1-2H3,(H,12,13)/t6-/m1/s1. The van der Waals surface area contributed by atoms with Gasteiger partial charge in [-0.3, -0.25) is 10.1 Å². The Labute approximate surface area is 75.9 Å². The normalized spacial score (nSPS) is 26.4. The molecule has 1 fully saturated rings. The van der Waals surface area contributed by atoms with Gasteiger partial charge in [-0.25, -0.2) is 8.78 Å². The maximum absolute atomic E-state index is 12.6. The molecule has 0 aromatic rings. The van der Waals surface area contributed by atoms with Gasteiger partial charge in [0.2, 0.25) is 5.91 Å². The van der Waals surface area contributed by atoms with Crippen LogP contribution in [0.15, 0.2) is 0 Å². The fraction of sp³-hybridized carbons (Fsp3) is 0.875. The van der Waals surface area contributed by atoms with Crippen molar-refractivity contribution in [3.05, 3.63) is 0 Å². The van der Waals surface area contributed by atoms with Gasteiger partial charge < -0.3 is 5.32 Å². The number of carbonyl (C=O) groups excluding carboxylic acids is 1. The Kier molecular flexibility index (Phi) is 2.85. The van der Waals surface area contributed by atoms with Gasteiger partial charge in [0.25, 0.3) is 5.92 Å². The van der Waals surface area contributed by atoms with E-state index in [1.807, 2.05) is 0 Å². The van der Waals surface area contributed by atoms with Crippen LogP contribution in [0.5, 0.6) is 0 Å². The summed E-state index contributed by atoms with van der Waals surface area (Å²) < 4.78 is 25.3. The first-order chi connectivity index (χ1) is 5.91. The molecule has 0 aromatic carbocycles. The van der Waals surface area contributed by atoms with Gasteiger partial charge in [0.15, 0.2) is 0 Å². The minimum Gasteiger partial charge on any atom is -0.353 e. The molecule has 76 valence electrons. The van der Waals surface area contributed by atoms with Crippen LogP contribution in [0.2, 0.25) is 0 Å². The van der Waals surface area contributed by atoms with E-state index < -0.39 is 24.9 Å². The van der Waals surface area contributed by atoms with Crippen LogP contribution < -0.4 is 10.6 Å². The molecule has 1 heterocycles. The molecule has 1 rings (SSSR count). The molecule has 0 spiro atoms. The molecule has 13 heavy (non-hydrogen) atoms. The van der Waals surface area contributed by atoms with Crippen LogP contribution in [0.25, 0.3) is 0 Å². The zero-order valence-electron chi connectivity index (χ0n) is 7.73. The van der Waals surface area contributed by atoms with Crippen molar-refractivity contribution in [1.82, 2.24) is 10.6 Å². The number of amides is 1. The first-order valence-corrected chi connectivity index (χ1v) is 4.32. The Balaban J connectivity index is 2.42. The Morgan fingerprint density at radius 2 is 2.23 bits per heavy atom. The van der Waals surface area contributed by atoms with Gasteiger partial charge in [0, 0.05) is 12.5 Å². The summed E-state index contributed by atoms with van der Waals surface area (Å²) in [6.45, 7) is 3.19. The average Bonchev–Trinajstić information content (AvgIpc) is 2.28. The molecule has 0 aliphatic carbocycles. The van der Waals surface area contributed by atoms with Gasteiger partial charge in [-0.2, -0.15) is 0 Å². The average molecular weight is 192 g/mol. The van der Waals surface area contributed by atoms with Gasteiger partial charge in [-0.15, -0.1) is 0 Å². The SMILES string of the molecule is CC(C)NC(=O)[C@H]1CC(F)(F)CN1. The van der Waals surface area contributed by atoms with E-state index >= 15 is 0 Å². The fourth-order valence-corrected chi connectivity index (χ4v) is 1.29. The Morgan fingerprint density at radius 1 is 1.62 bits per heavy atom. The molecule has 5 heteroatoms. The second kappa shape index (κ2) is 3.57. The molecular formula is C8H14F2N2O. The second-order valence-electron chi connectivity index (χ2n) is 3.66. The zero-order valence-corrected chi connectivity index (χ0v) is 7.73. The van der Waals surface area contributed by atoms with Crippen molar-refractivity contribution >= 4 is 5.91 Å². The highest BCUT2D eigenvalue weighted by atomic mass is 19.3. The predicted octanol–water partition coefficient (Wildman–Crippen LogP) is 0.508. The summed E-state index contributed by atoms with van der Waals surface area (Å²) in [6, 6.07) is -0.749. The lowest BCUT2D eigenvalue weighted by atomic mass is 10.2. The summed E-state index contributed by atoms with van der Waals surface area (Å²) in [5.74, 6) is -3.08. The molecule has 0 unspecified atom stereocenters. The van der Waals surface area contributed by atoms with Crippen molar-refractivity contribution in [1.29, 1.82) is 0 Å². The molecule has 1 aliphatic rings. The van der Waals surface area contributed by atoms with Crippen LogP contribution in [0.4, 0.5) is 8.78 Å². The smallest absolute Gasteiger partial charge is 0.262 e. The van der Waals surface area contributed by atoms with Crippen molar-refractivity contribution in [3.63, 3.8) is 0 Å². The lowest BCUT2D eigenvalue weighted by Gasteiger charge is -2.13. The quantitative estimate of drug-likeness (QED) is 0.669. The number of hydrogen-bond acceptors (Lipinski definition) is 2. The van der Waals surface area contributed by atoms with Crippen molar-refractivity contribution in [2.75, 3.05) is 6.54 Å². The van der Waals surface area contributed by atoms with Gasteiger partial charge in [0.1, 0.15) is 0 Å². The van der Waals surface area contributed by atoms with Crippen molar-refractivity contribution < 1.29 is 13.6 Å². The fourth-order valence-electron chi connectivity index (χ4n) is 1.29. The molecule has 1 amide bonds. The van der Waals surface area contributed by atoms with E-state index in [0.29, 0.717) is 0 Å². The number of alkyl halides is 2. The van der Waals surface area contributed by atoms with E-state index in [0.717, 1.165) is 0 Å². The molecular weight excluding hydrogens is 178 g/mol. The van der Waals surface area contributed by atoms with E-state index in [2.05, 4.69) is 10.6 Å². The minimum atomic E-state index is -2.74. The summed E-state index contributed by atoms with van der Waals surface area (Å²) in [5.41, 5.74) is 0. The van der Waals surface area contributed by atoms with Crippen LogP contribution in [0, 0.1) is 0 Å². The zero-order chi connectivity index (χ0) is 10.1.